The fraction of sp³-hybridized carbons (Fsp3) is 0.500. The fourth-order valence-corrected chi connectivity index (χ4v) is 2.74. The molecule has 0 aliphatic heterocycles. The van der Waals surface area contributed by atoms with E-state index in [0.29, 0.717) is 5.82 Å². The van der Waals surface area contributed by atoms with Crippen LogP contribution in [0.1, 0.15) is 26.3 Å². The zero-order chi connectivity index (χ0) is 14.7. The van der Waals surface area contributed by atoms with Gasteiger partial charge < -0.3 is 9.84 Å². The number of nitrogens with zero attached hydrogens (tertiary/aromatic N) is 4. The van der Waals surface area contributed by atoms with Gasteiger partial charge in [-0.05, 0) is 16.3 Å². The summed E-state index contributed by atoms with van der Waals surface area (Å²) in [6.07, 6.45) is -0.0157. The lowest BCUT2D eigenvalue weighted by Crippen LogP contribution is -2.21. The van der Waals surface area contributed by atoms with E-state index in [9.17, 15) is 4.79 Å². The Bertz CT molecular complexity index is 593. The molecule has 0 amide bonds. The highest BCUT2D eigenvalue weighted by Gasteiger charge is 2.24. The van der Waals surface area contributed by atoms with Crippen molar-refractivity contribution in [2.45, 2.75) is 26.3 Å². The van der Waals surface area contributed by atoms with Crippen LogP contribution in [0.5, 0.6) is 5.75 Å². The molecule has 0 saturated carbocycles. The number of ether oxygens (including phenoxy) is 1. The number of aliphatic carboxylic acids is 1. The summed E-state index contributed by atoms with van der Waals surface area (Å²) in [6, 6.07) is 1.55. The highest BCUT2D eigenvalue weighted by molar-refractivity contribution is 7.13. The second kappa shape index (κ2) is 6.00. The molecule has 1 atom stereocenters. The number of carboxylic acids is 1. The van der Waals surface area contributed by atoms with Crippen LogP contribution in [0.2, 0.25) is 0 Å². The lowest BCUT2D eigenvalue weighted by molar-refractivity contribution is -0.138. The first-order chi connectivity index (χ1) is 9.52. The average Bonchev–Trinajstić information content (AvgIpc) is 3.03. The molecule has 7 nitrogen and oxygen atoms in total. The number of hydrogen-bond donors (Lipinski definition) is 1. The molecule has 108 valence electrons. The Morgan fingerprint density at radius 1 is 1.55 bits per heavy atom. The molecule has 0 fully saturated rings. The van der Waals surface area contributed by atoms with Gasteiger partial charge in [-0.3, -0.25) is 4.79 Å². The Hall–Kier alpha value is -1.96. The summed E-state index contributed by atoms with van der Waals surface area (Å²) in [5.74, 6) is 0.543. The molecule has 2 heterocycles. The quantitative estimate of drug-likeness (QED) is 0.877. The normalized spacial score (nSPS) is 12.6. The summed E-state index contributed by atoms with van der Waals surface area (Å²) in [5, 5.41) is 22.5. The van der Waals surface area contributed by atoms with Crippen LogP contribution in [0.4, 0.5) is 0 Å². The average molecular weight is 296 g/mol. The third kappa shape index (κ3) is 2.96. The van der Waals surface area contributed by atoms with E-state index in [-0.39, 0.29) is 18.4 Å². The van der Waals surface area contributed by atoms with Gasteiger partial charge in [0.05, 0.1) is 24.4 Å². The molecule has 2 aromatic heterocycles. The molecule has 2 rings (SSSR count). The Labute approximate surface area is 120 Å². The van der Waals surface area contributed by atoms with Gasteiger partial charge in [0.1, 0.15) is 5.75 Å². The molecular formula is C12H16N4O3S. The van der Waals surface area contributed by atoms with Crippen molar-refractivity contribution in [2.24, 2.45) is 5.92 Å². The molecule has 0 saturated heterocycles. The smallest absolute Gasteiger partial charge is 0.305 e. The number of rotatable bonds is 6. The second-order valence-corrected chi connectivity index (χ2v) is 5.62. The van der Waals surface area contributed by atoms with Crippen molar-refractivity contribution >= 4 is 17.3 Å². The van der Waals surface area contributed by atoms with Crippen molar-refractivity contribution < 1.29 is 14.6 Å². The maximum Gasteiger partial charge on any atom is 0.305 e. The zero-order valence-electron chi connectivity index (χ0n) is 11.5. The summed E-state index contributed by atoms with van der Waals surface area (Å²) < 4.78 is 6.73. The number of hydrogen-bond acceptors (Lipinski definition) is 6. The van der Waals surface area contributed by atoms with Crippen LogP contribution in [0.3, 0.4) is 0 Å². The van der Waals surface area contributed by atoms with Crippen LogP contribution in [0.25, 0.3) is 10.7 Å². The minimum Gasteiger partial charge on any atom is -0.496 e. The fourth-order valence-electron chi connectivity index (χ4n) is 1.91. The molecule has 1 N–H and O–H groups in total. The molecule has 0 aliphatic rings. The SMILES string of the molecule is COc1csc(-c2nnnn2C(CC(=O)O)C(C)C)c1. The molecule has 20 heavy (non-hydrogen) atoms. The topological polar surface area (TPSA) is 90.1 Å². The summed E-state index contributed by atoms with van der Waals surface area (Å²) in [4.78, 5) is 11.9. The highest BCUT2D eigenvalue weighted by Crippen LogP contribution is 2.32. The van der Waals surface area contributed by atoms with Gasteiger partial charge in [-0.2, -0.15) is 0 Å². The van der Waals surface area contributed by atoms with Gasteiger partial charge in [-0.15, -0.1) is 16.4 Å². The van der Waals surface area contributed by atoms with Crippen molar-refractivity contribution in [2.75, 3.05) is 7.11 Å². The largest absolute Gasteiger partial charge is 0.496 e. The van der Waals surface area contributed by atoms with Crippen molar-refractivity contribution in [1.29, 1.82) is 0 Å². The Balaban J connectivity index is 2.37. The number of methoxy groups -OCH3 is 1. The van der Waals surface area contributed by atoms with Gasteiger partial charge in [0.15, 0.2) is 5.82 Å². The van der Waals surface area contributed by atoms with Crippen LogP contribution >= 0.6 is 11.3 Å². The molecule has 8 heteroatoms. The van der Waals surface area contributed by atoms with Gasteiger partial charge in [-0.25, -0.2) is 4.68 Å². The molecule has 0 aliphatic carbocycles. The van der Waals surface area contributed by atoms with E-state index in [1.165, 1.54) is 11.3 Å². The maximum atomic E-state index is 11.0. The number of thiophene rings is 1. The Kier molecular flexibility index (Phi) is 4.33. The minimum atomic E-state index is -0.867. The number of carbonyl (C=O) groups is 1. The van der Waals surface area contributed by atoms with Crippen molar-refractivity contribution in [1.82, 2.24) is 20.2 Å². The van der Waals surface area contributed by atoms with Gasteiger partial charge >= 0.3 is 5.97 Å². The van der Waals surface area contributed by atoms with E-state index in [2.05, 4.69) is 15.5 Å². The van der Waals surface area contributed by atoms with E-state index < -0.39 is 5.97 Å². The molecule has 0 spiro atoms. The molecule has 0 bridgehead atoms. The van der Waals surface area contributed by atoms with Crippen LogP contribution in [-0.2, 0) is 4.79 Å². The zero-order valence-corrected chi connectivity index (χ0v) is 12.3. The van der Waals surface area contributed by atoms with Crippen molar-refractivity contribution in [3.63, 3.8) is 0 Å². The van der Waals surface area contributed by atoms with E-state index in [4.69, 9.17) is 9.84 Å². The van der Waals surface area contributed by atoms with Gasteiger partial charge in [0.2, 0.25) is 0 Å². The number of aromatic nitrogens is 4. The second-order valence-electron chi connectivity index (χ2n) is 4.71. The first kappa shape index (κ1) is 14.4. The molecule has 2 aromatic rings. The molecule has 1 unspecified atom stereocenters. The molecular weight excluding hydrogens is 280 g/mol. The molecule has 0 radical (unpaired) electrons. The summed E-state index contributed by atoms with van der Waals surface area (Å²) >= 11 is 1.46. The Morgan fingerprint density at radius 3 is 2.85 bits per heavy atom. The summed E-state index contributed by atoms with van der Waals surface area (Å²) in [5.41, 5.74) is 0. The first-order valence-corrected chi connectivity index (χ1v) is 7.03. The summed E-state index contributed by atoms with van der Waals surface area (Å²) in [7, 11) is 1.59. The van der Waals surface area contributed by atoms with Crippen LogP contribution in [0.15, 0.2) is 11.4 Å². The summed E-state index contributed by atoms with van der Waals surface area (Å²) in [6.45, 7) is 3.90. The highest BCUT2D eigenvalue weighted by atomic mass is 32.1. The van der Waals surface area contributed by atoms with Crippen molar-refractivity contribution in [3.8, 4) is 16.5 Å². The third-order valence-corrected chi connectivity index (χ3v) is 3.90. The Morgan fingerprint density at radius 2 is 2.30 bits per heavy atom. The lowest BCUT2D eigenvalue weighted by atomic mass is 10.0. The van der Waals surface area contributed by atoms with Crippen LogP contribution in [0, 0.1) is 5.92 Å². The standard InChI is InChI=1S/C12H16N4O3S/c1-7(2)9(5-11(17)18)16-12(13-14-15-16)10-4-8(19-3)6-20-10/h4,6-7,9H,5H2,1-3H3,(H,17,18). The predicted octanol–water partition coefficient (Wildman–Crippen LogP) is 2.08. The monoisotopic (exact) mass is 296 g/mol. The van der Waals surface area contributed by atoms with E-state index >= 15 is 0 Å². The van der Waals surface area contributed by atoms with Crippen LogP contribution < -0.4 is 4.74 Å². The minimum absolute atomic E-state index is 0.0157. The van der Waals surface area contributed by atoms with E-state index in [1.54, 1.807) is 11.8 Å². The lowest BCUT2D eigenvalue weighted by Gasteiger charge is -2.19. The van der Waals surface area contributed by atoms with E-state index in [0.717, 1.165) is 10.6 Å². The van der Waals surface area contributed by atoms with E-state index in [1.807, 2.05) is 25.3 Å². The third-order valence-electron chi connectivity index (χ3n) is 2.99. The van der Waals surface area contributed by atoms with Crippen LogP contribution in [-0.4, -0.2) is 38.4 Å². The molecule has 0 aromatic carbocycles. The van der Waals surface area contributed by atoms with Gasteiger partial charge in [0.25, 0.3) is 0 Å². The van der Waals surface area contributed by atoms with Gasteiger partial charge in [0, 0.05) is 11.4 Å². The number of tetrazole rings is 1. The maximum absolute atomic E-state index is 11.0. The predicted molar refractivity (Wildman–Crippen MR) is 73.8 cm³/mol. The van der Waals surface area contributed by atoms with Crippen molar-refractivity contribution in [3.05, 3.63) is 11.4 Å². The first-order valence-electron chi connectivity index (χ1n) is 6.15. The number of carboxylic acid groups (broad SMARTS) is 1. The van der Waals surface area contributed by atoms with Gasteiger partial charge in [-0.1, -0.05) is 13.8 Å².